The van der Waals surface area contributed by atoms with Crippen LogP contribution >= 0.6 is 0 Å². The van der Waals surface area contributed by atoms with E-state index in [4.69, 9.17) is 0 Å². The predicted octanol–water partition coefficient (Wildman–Crippen LogP) is 3.62. The Morgan fingerprint density at radius 2 is 1.45 bits per heavy atom. The summed E-state index contributed by atoms with van der Waals surface area (Å²) in [5.74, 6) is 1.08. The highest BCUT2D eigenvalue weighted by atomic mass is 14.1. The van der Waals surface area contributed by atoms with Gasteiger partial charge in [0.25, 0.3) is 0 Å². The van der Waals surface area contributed by atoms with E-state index in [0.717, 1.165) is 5.92 Å². The molecule has 0 aromatic carbocycles. The summed E-state index contributed by atoms with van der Waals surface area (Å²) in [7, 11) is 0. The minimum absolute atomic E-state index is 1.08. The van der Waals surface area contributed by atoms with E-state index in [9.17, 15) is 0 Å². The Balaban J connectivity index is 0.000000461. The van der Waals surface area contributed by atoms with Crippen LogP contribution in [0.5, 0.6) is 0 Å². The topological polar surface area (TPSA) is 0 Å². The molecule has 1 aliphatic rings. The summed E-state index contributed by atoms with van der Waals surface area (Å²) in [6.45, 7) is 2.33. The van der Waals surface area contributed by atoms with E-state index in [0.29, 0.717) is 0 Å². The predicted molar refractivity (Wildman–Crippen MR) is 51.4 cm³/mol. The molecule has 1 saturated carbocycles. The maximum Gasteiger partial charge on any atom is -0.0417 e. The maximum atomic E-state index is 4.00. The normalized spacial score (nSPS) is 19.5. The Labute approximate surface area is 71.4 Å². The van der Waals surface area contributed by atoms with Crippen molar-refractivity contribution >= 4 is 0 Å². The lowest BCUT2D eigenvalue weighted by molar-refractivity contribution is 0.446. The van der Waals surface area contributed by atoms with Crippen molar-refractivity contribution in [1.82, 2.24) is 0 Å². The van der Waals surface area contributed by atoms with E-state index < -0.39 is 0 Å². The summed E-state index contributed by atoms with van der Waals surface area (Å²) < 4.78 is 0. The van der Waals surface area contributed by atoms with E-state index in [2.05, 4.69) is 19.8 Å². The van der Waals surface area contributed by atoms with Gasteiger partial charge in [-0.1, -0.05) is 51.9 Å². The lowest BCUT2D eigenvalue weighted by atomic mass is 9.98. The fourth-order valence-electron chi connectivity index (χ4n) is 1.77. The van der Waals surface area contributed by atoms with Crippen LogP contribution in [-0.2, 0) is 0 Å². The summed E-state index contributed by atoms with van der Waals surface area (Å²) in [6, 6.07) is 0. The molecule has 0 radical (unpaired) electrons. The Kier molecular flexibility index (Phi) is 7.36. The van der Waals surface area contributed by atoms with E-state index in [1.807, 2.05) is 0 Å². The fraction of sp³-hybridized carbons (Fsp3) is 0.818. The summed E-state index contributed by atoms with van der Waals surface area (Å²) in [6.07, 6.45) is 18.4. The molecule has 0 saturated heterocycles. The van der Waals surface area contributed by atoms with Crippen LogP contribution in [0.15, 0.2) is 0 Å². The second kappa shape index (κ2) is 7.66. The lowest BCUT2D eigenvalue weighted by Crippen LogP contribution is -1.94. The molecule has 1 rings (SSSR count). The minimum atomic E-state index is 1.08. The largest absolute Gasteiger partial charge is 0.124 e. The highest BCUT2D eigenvalue weighted by Gasteiger charge is 2.08. The minimum Gasteiger partial charge on any atom is -0.124 e. The van der Waals surface area contributed by atoms with Crippen molar-refractivity contribution in [2.45, 2.75) is 51.9 Å². The van der Waals surface area contributed by atoms with Crippen molar-refractivity contribution in [2.75, 3.05) is 0 Å². The summed E-state index contributed by atoms with van der Waals surface area (Å²) in [5, 5.41) is 0. The van der Waals surface area contributed by atoms with Gasteiger partial charge in [0, 0.05) is 0 Å². The first-order chi connectivity index (χ1) is 5.43. The van der Waals surface area contributed by atoms with Gasteiger partial charge in [0.1, 0.15) is 0 Å². The molecular formula is C11H20. The monoisotopic (exact) mass is 152 g/mol. The van der Waals surface area contributed by atoms with Crippen molar-refractivity contribution in [2.24, 2.45) is 5.92 Å². The third-order valence-electron chi connectivity index (χ3n) is 2.55. The number of rotatable bonds is 1. The number of hydrogen-bond donors (Lipinski definition) is 0. The van der Waals surface area contributed by atoms with Crippen molar-refractivity contribution in [3.05, 3.63) is 0 Å². The van der Waals surface area contributed by atoms with Gasteiger partial charge in [-0.05, 0) is 5.92 Å². The van der Waals surface area contributed by atoms with Gasteiger partial charge >= 0.3 is 0 Å². The highest BCUT2D eigenvalue weighted by Crippen LogP contribution is 2.24. The van der Waals surface area contributed by atoms with Crippen LogP contribution in [0.25, 0.3) is 0 Å². The first kappa shape index (κ1) is 10.6. The molecule has 0 heterocycles. The molecule has 0 spiro atoms. The molecule has 0 nitrogen and oxygen atoms in total. The number of terminal acetylenes is 1. The van der Waals surface area contributed by atoms with Crippen molar-refractivity contribution in [1.29, 1.82) is 0 Å². The van der Waals surface area contributed by atoms with Gasteiger partial charge in [-0.15, -0.1) is 12.8 Å². The summed E-state index contributed by atoms with van der Waals surface area (Å²) in [5.41, 5.74) is 0. The molecule has 0 N–H and O–H groups in total. The zero-order valence-electron chi connectivity index (χ0n) is 7.68. The van der Waals surface area contributed by atoms with Gasteiger partial charge in [-0.3, -0.25) is 0 Å². The Hall–Kier alpha value is -0.440. The average molecular weight is 152 g/mol. The summed E-state index contributed by atoms with van der Waals surface area (Å²) >= 11 is 0. The zero-order valence-corrected chi connectivity index (χ0v) is 7.68. The van der Waals surface area contributed by atoms with Gasteiger partial charge in [-0.2, -0.15) is 0 Å². The van der Waals surface area contributed by atoms with Gasteiger partial charge in [0.05, 0.1) is 0 Å². The molecule has 11 heavy (non-hydrogen) atoms. The highest BCUT2D eigenvalue weighted by molar-refractivity contribution is 4.62. The van der Waals surface area contributed by atoms with Crippen LogP contribution in [0.4, 0.5) is 0 Å². The standard InChI is InChI=1S/C9H18.C2H2/c1-2-9-7-5-3-4-6-8-9;1-2/h9H,2-8H2,1H3;1-2H. The van der Waals surface area contributed by atoms with Gasteiger partial charge in [0.2, 0.25) is 0 Å². The Morgan fingerprint density at radius 3 is 1.82 bits per heavy atom. The smallest absolute Gasteiger partial charge is 0.0417 e. The molecular weight excluding hydrogens is 132 g/mol. The quantitative estimate of drug-likeness (QED) is 0.397. The fourth-order valence-corrected chi connectivity index (χ4v) is 1.77. The molecule has 0 amide bonds. The molecule has 0 aromatic rings. The molecule has 64 valence electrons. The van der Waals surface area contributed by atoms with Crippen molar-refractivity contribution < 1.29 is 0 Å². The molecule has 0 atom stereocenters. The van der Waals surface area contributed by atoms with E-state index >= 15 is 0 Å². The van der Waals surface area contributed by atoms with Crippen LogP contribution < -0.4 is 0 Å². The zero-order chi connectivity index (χ0) is 8.53. The molecule has 0 bridgehead atoms. The molecule has 1 fully saturated rings. The molecule has 0 aromatic heterocycles. The molecule has 1 aliphatic carbocycles. The second-order valence-electron chi connectivity index (χ2n) is 3.27. The first-order valence-electron chi connectivity index (χ1n) is 4.77. The van der Waals surface area contributed by atoms with Gasteiger partial charge in [0.15, 0.2) is 0 Å². The molecule has 0 unspecified atom stereocenters. The molecule has 0 aliphatic heterocycles. The van der Waals surface area contributed by atoms with E-state index in [1.165, 1.54) is 44.9 Å². The lowest BCUT2D eigenvalue weighted by Gasteiger charge is -2.08. The van der Waals surface area contributed by atoms with Crippen LogP contribution in [0.2, 0.25) is 0 Å². The molecule has 0 heteroatoms. The maximum absolute atomic E-state index is 4.00. The Bertz CT molecular complexity index is 83.5. The van der Waals surface area contributed by atoms with Crippen LogP contribution in [-0.4, -0.2) is 0 Å². The third-order valence-corrected chi connectivity index (χ3v) is 2.55. The van der Waals surface area contributed by atoms with Crippen LogP contribution in [0, 0.1) is 18.8 Å². The SMILES string of the molecule is C#C.CCC1CCCCCC1. The van der Waals surface area contributed by atoms with E-state index in [1.54, 1.807) is 0 Å². The first-order valence-corrected chi connectivity index (χ1v) is 4.77. The third kappa shape index (κ3) is 4.90. The van der Waals surface area contributed by atoms with E-state index in [-0.39, 0.29) is 0 Å². The Morgan fingerprint density at radius 1 is 1.00 bits per heavy atom. The van der Waals surface area contributed by atoms with Crippen molar-refractivity contribution in [3.8, 4) is 12.8 Å². The van der Waals surface area contributed by atoms with Crippen LogP contribution in [0.3, 0.4) is 0 Å². The van der Waals surface area contributed by atoms with Gasteiger partial charge < -0.3 is 0 Å². The van der Waals surface area contributed by atoms with Crippen LogP contribution in [0.1, 0.15) is 51.9 Å². The second-order valence-corrected chi connectivity index (χ2v) is 3.27. The summed E-state index contributed by atoms with van der Waals surface area (Å²) in [4.78, 5) is 0. The number of hydrogen-bond acceptors (Lipinski definition) is 0. The average Bonchev–Trinajstić information content (AvgIpc) is 2.35. The van der Waals surface area contributed by atoms with Crippen molar-refractivity contribution in [3.63, 3.8) is 0 Å². The van der Waals surface area contributed by atoms with Gasteiger partial charge in [-0.25, -0.2) is 0 Å².